The second-order valence-electron chi connectivity index (χ2n) is 6.72. The minimum Gasteiger partial charge on any atom is -0.379 e. The fraction of sp³-hybridized carbons (Fsp3) is 0.500. The molecule has 0 aliphatic carbocycles. The average Bonchev–Trinajstić information content (AvgIpc) is 3.25. The Morgan fingerprint density at radius 3 is 2.66 bits per heavy atom. The van der Waals surface area contributed by atoms with Gasteiger partial charge in [-0.2, -0.15) is 5.10 Å². The van der Waals surface area contributed by atoms with Crippen LogP contribution in [0.1, 0.15) is 18.0 Å². The highest BCUT2D eigenvalue weighted by molar-refractivity contribution is 14.0. The number of guanidine groups is 1. The minimum absolute atomic E-state index is 0. The Balaban J connectivity index is 0.00000300. The summed E-state index contributed by atoms with van der Waals surface area (Å²) in [6, 6.07) is 10.3. The Bertz CT molecular complexity index is 719. The van der Waals surface area contributed by atoms with Crippen LogP contribution >= 0.6 is 35.6 Å². The maximum Gasteiger partial charge on any atom is 0.191 e. The summed E-state index contributed by atoms with van der Waals surface area (Å²) >= 11 is 6.08. The fourth-order valence-electron chi connectivity index (χ4n) is 3.33. The summed E-state index contributed by atoms with van der Waals surface area (Å²) in [6.45, 7) is 5.87. The highest BCUT2D eigenvalue weighted by atomic mass is 127. The van der Waals surface area contributed by atoms with Crippen molar-refractivity contribution in [1.82, 2.24) is 25.3 Å². The predicted octanol–water partition coefficient (Wildman–Crippen LogP) is 2.78. The first-order chi connectivity index (χ1) is 13.8. The van der Waals surface area contributed by atoms with Crippen molar-refractivity contribution in [3.8, 4) is 0 Å². The smallest absolute Gasteiger partial charge is 0.191 e. The number of aliphatic imine (C=N–C) groups is 1. The molecule has 1 aromatic heterocycles. The molecule has 2 aromatic rings. The zero-order valence-corrected chi connectivity index (χ0v) is 19.8. The van der Waals surface area contributed by atoms with Gasteiger partial charge in [-0.25, -0.2) is 0 Å². The molecule has 160 valence electrons. The first-order valence-electron chi connectivity index (χ1n) is 9.75. The van der Waals surface area contributed by atoms with Crippen LogP contribution in [0.25, 0.3) is 0 Å². The summed E-state index contributed by atoms with van der Waals surface area (Å²) in [4.78, 5) is 6.80. The van der Waals surface area contributed by atoms with Gasteiger partial charge < -0.3 is 15.4 Å². The highest BCUT2D eigenvalue weighted by Crippen LogP contribution is 2.23. The fourth-order valence-corrected chi connectivity index (χ4v) is 3.45. The lowest BCUT2D eigenvalue weighted by atomic mass is 10.0. The number of aromatic nitrogens is 2. The van der Waals surface area contributed by atoms with E-state index < -0.39 is 0 Å². The Morgan fingerprint density at radius 2 is 2.00 bits per heavy atom. The van der Waals surface area contributed by atoms with Crippen molar-refractivity contribution in [2.45, 2.75) is 19.0 Å². The standard InChI is InChI=1S/C20H29ClN6O.HI/c1-22-20(23-8-2-10-27-11-3-9-25-27)24-16-19(26-12-14-28-15-13-26)17-4-6-18(21)7-5-17;/h3-7,9,11,19H,2,8,10,12-16H2,1H3,(H2,22,23,24);1H. The molecule has 3 rings (SSSR count). The number of hydrogen-bond acceptors (Lipinski definition) is 4. The third kappa shape index (κ3) is 7.76. The lowest BCUT2D eigenvalue weighted by Crippen LogP contribution is -2.46. The van der Waals surface area contributed by atoms with E-state index in [1.54, 1.807) is 13.2 Å². The Kier molecular flexibility index (Phi) is 10.8. The van der Waals surface area contributed by atoms with Gasteiger partial charge in [-0.3, -0.25) is 14.6 Å². The highest BCUT2D eigenvalue weighted by Gasteiger charge is 2.22. The minimum atomic E-state index is 0. The van der Waals surface area contributed by atoms with Crippen LogP contribution < -0.4 is 10.6 Å². The zero-order chi connectivity index (χ0) is 19.6. The first-order valence-corrected chi connectivity index (χ1v) is 10.1. The van der Waals surface area contributed by atoms with Gasteiger partial charge in [-0.05, 0) is 30.2 Å². The maximum atomic E-state index is 6.08. The van der Waals surface area contributed by atoms with Crippen LogP contribution in [0.5, 0.6) is 0 Å². The number of morpholine rings is 1. The second kappa shape index (κ2) is 13.0. The van der Waals surface area contributed by atoms with Crippen LogP contribution in [0, 0.1) is 0 Å². The number of hydrogen-bond donors (Lipinski definition) is 2. The van der Waals surface area contributed by atoms with E-state index in [2.05, 4.69) is 37.8 Å². The summed E-state index contributed by atoms with van der Waals surface area (Å²) in [5, 5.41) is 11.8. The Morgan fingerprint density at radius 1 is 1.24 bits per heavy atom. The molecule has 0 bridgehead atoms. The van der Waals surface area contributed by atoms with E-state index in [-0.39, 0.29) is 30.0 Å². The summed E-state index contributed by atoms with van der Waals surface area (Å²) in [7, 11) is 1.80. The van der Waals surface area contributed by atoms with Crippen molar-refractivity contribution >= 4 is 41.5 Å². The van der Waals surface area contributed by atoms with Crippen molar-refractivity contribution < 1.29 is 4.74 Å². The van der Waals surface area contributed by atoms with Gasteiger partial charge in [0.1, 0.15) is 0 Å². The van der Waals surface area contributed by atoms with E-state index in [1.165, 1.54) is 5.56 Å². The van der Waals surface area contributed by atoms with E-state index in [0.29, 0.717) is 0 Å². The molecule has 7 nitrogen and oxygen atoms in total. The molecule has 0 spiro atoms. The van der Waals surface area contributed by atoms with Gasteiger partial charge in [0, 0.05) is 57.2 Å². The van der Waals surface area contributed by atoms with Gasteiger partial charge >= 0.3 is 0 Å². The summed E-state index contributed by atoms with van der Waals surface area (Å²) in [5.41, 5.74) is 1.24. The molecule has 2 N–H and O–H groups in total. The average molecular weight is 533 g/mol. The van der Waals surface area contributed by atoms with Gasteiger partial charge in [0.15, 0.2) is 5.96 Å². The number of benzene rings is 1. The Labute approximate surface area is 194 Å². The first kappa shape index (κ1) is 23.9. The van der Waals surface area contributed by atoms with Crippen LogP contribution in [-0.2, 0) is 11.3 Å². The molecule has 1 aliphatic rings. The molecule has 0 saturated carbocycles. The quantitative estimate of drug-likeness (QED) is 0.237. The molecule has 0 radical (unpaired) electrons. The lowest BCUT2D eigenvalue weighted by molar-refractivity contribution is 0.0170. The predicted molar refractivity (Wildman–Crippen MR) is 128 cm³/mol. The Hall–Kier alpha value is -1.36. The molecular formula is C20H30ClIN6O. The largest absolute Gasteiger partial charge is 0.379 e. The van der Waals surface area contributed by atoms with E-state index in [9.17, 15) is 0 Å². The molecule has 1 unspecified atom stereocenters. The van der Waals surface area contributed by atoms with Crippen molar-refractivity contribution in [3.63, 3.8) is 0 Å². The number of halogens is 2. The van der Waals surface area contributed by atoms with Crippen LogP contribution in [0.15, 0.2) is 47.7 Å². The zero-order valence-electron chi connectivity index (χ0n) is 16.8. The maximum absolute atomic E-state index is 6.08. The van der Waals surface area contributed by atoms with E-state index >= 15 is 0 Å². The number of rotatable bonds is 8. The summed E-state index contributed by atoms with van der Waals surface area (Å²) in [6.07, 6.45) is 4.76. The monoisotopic (exact) mass is 532 g/mol. The molecule has 1 saturated heterocycles. The van der Waals surface area contributed by atoms with Gasteiger partial charge in [0.25, 0.3) is 0 Å². The van der Waals surface area contributed by atoms with E-state index in [4.69, 9.17) is 16.3 Å². The third-order valence-corrected chi connectivity index (χ3v) is 5.10. The number of ether oxygens (including phenoxy) is 1. The molecule has 1 atom stereocenters. The topological polar surface area (TPSA) is 66.7 Å². The number of aryl methyl sites for hydroxylation is 1. The van der Waals surface area contributed by atoms with Crippen LogP contribution in [0.3, 0.4) is 0 Å². The molecule has 9 heteroatoms. The van der Waals surface area contributed by atoms with Crippen LogP contribution in [0.2, 0.25) is 5.02 Å². The third-order valence-electron chi connectivity index (χ3n) is 4.84. The molecular weight excluding hydrogens is 503 g/mol. The number of nitrogens with zero attached hydrogens (tertiary/aromatic N) is 4. The van der Waals surface area contributed by atoms with Gasteiger partial charge in [0.2, 0.25) is 0 Å². The van der Waals surface area contributed by atoms with Gasteiger partial charge in [-0.1, -0.05) is 23.7 Å². The SMILES string of the molecule is CN=C(NCCCn1cccn1)NCC(c1ccc(Cl)cc1)N1CCOCC1.I. The van der Waals surface area contributed by atoms with Gasteiger partial charge in [0.05, 0.1) is 19.3 Å². The summed E-state index contributed by atoms with van der Waals surface area (Å²) in [5.74, 6) is 0.813. The van der Waals surface area contributed by atoms with Crippen molar-refractivity contribution in [1.29, 1.82) is 0 Å². The van der Waals surface area contributed by atoms with Crippen molar-refractivity contribution in [2.24, 2.45) is 4.99 Å². The molecule has 29 heavy (non-hydrogen) atoms. The molecule has 1 aromatic carbocycles. The van der Waals surface area contributed by atoms with E-state index in [1.807, 2.05) is 29.1 Å². The summed E-state index contributed by atoms with van der Waals surface area (Å²) < 4.78 is 7.46. The molecule has 2 heterocycles. The molecule has 1 aliphatic heterocycles. The molecule has 0 amide bonds. The lowest BCUT2D eigenvalue weighted by Gasteiger charge is -2.35. The van der Waals surface area contributed by atoms with E-state index in [0.717, 1.165) is 63.3 Å². The van der Waals surface area contributed by atoms with Crippen LogP contribution in [0.4, 0.5) is 0 Å². The van der Waals surface area contributed by atoms with Crippen molar-refractivity contribution in [3.05, 3.63) is 53.3 Å². The van der Waals surface area contributed by atoms with Crippen molar-refractivity contribution in [2.75, 3.05) is 46.4 Å². The molecule has 1 fully saturated rings. The normalized spacial score (nSPS) is 16.1. The van der Waals surface area contributed by atoms with Gasteiger partial charge in [-0.15, -0.1) is 24.0 Å². The number of nitrogens with one attached hydrogen (secondary N) is 2. The second-order valence-corrected chi connectivity index (χ2v) is 7.15. The van der Waals surface area contributed by atoms with Crippen LogP contribution in [-0.4, -0.2) is 67.1 Å².